The molecule has 0 unspecified atom stereocenters. The van der Waals surface area contributed by atoms with Crippen molar-refractivity contribution >= 4 is 11.9 Å². The second kappa shape index (κ2) is 2.23. The van der Waals surface area contributed by atoms with Gasteiger partial charge in [-0.3, -0.25) is 4.79 Å². The summed E-state index contributed by atoms with van der Waals surface area (Å²) >= 11 is 0. The fourth-order valence-corrected chi connectivity index (χ4v) is 2.66. The molecule has 0 aliphatic heterocycles. The van der Waals surface area contributed by atoms with Crippen LogP contribution in [0.25, 0.3) is 0 Å². The van der Waals surface area contributed by atoms with Crippen LogP contribution in [0.5, 0.6) is 0 Å². The van der Waals surface area contributed by atoms with Crippen LogP contribution in [-0.2, 0) is 4.79 Å². The molecular formula is C8H12N2O3. The molecule has 1 amide bonds. The predicted molar refractivity (Wildman–Crippen MR) is 44.2 cm³/mol. The van der Waals surface area contributed by atoms with Gasteiger partial charge >= 0.3 is 6.09 Å². The number of hydrogen-bond acceptors (Lipinski definition) is 3. The molecule has 0 aromatic rings. The van der Waals surface area contributed by atoms with Crippen molar-refractivity contribution < 1.29 is 14.7 Å². The van der Waals surface area contributed by atoms with Crippen molar-refractivity contribution in [3.8, 4) is 0 Å². The third kappa shape index (κ3) is 0.966. The number of ketones is 1. The number of Topliss-reactive ketones (excluding diaryl/α,β-unsaturated/α-hetero) is 1. The van der Waals surface area contributed by atoms with Crippen molar-refractivity contribution in [1.82, 2.24) is 5.32 Å². The van der Waals surface area contributed by atoms with Crippen molar-refractivity contribution in [2.75, 3.05) is 6.54 Å². The summed E-state index contributed by atoms with van der Waals surface area (Å²) in [5.41, 5.74) is 4.69. The average Bonchev–Trinajstić information content (AvgIpc) is 1.92. The first-order valence-corrected chi connectivity index (χ1v) is 4.26. The van der Waals surface area contributed by atoms with Gasteiger partial charge in [0.1, 0.15) is 0 Å². The average molecular weight is 184 g/mol. The van der Waals surface area contributed by atoms with Gasteiger partial charge in [-0.25, -0.2) is 4.79 Å². The van der Waals surface area contributed by atoms with E-state index in [0.29, 0.717) is 19.3 Å². The van der Waals surface area contributed by atoms with Gasteiger partial charge in [-0.2, -0.15) is 0 Å². The monoisotopic (exact) mass is 184 g/mol. The molecule has 3 fully saturated rings. The van der Waals surface area contributed by atoms with Crippen molar-refractivity contribution in [3.63, 3.8) is 0 Å². The Hall–Kier alpha value is -1.10. The van der Waals surface area contributed by atoms with Crippen molar-refractivity contribution in [2.45, 2.75) is 24.8 Å². The van der Waals surface area contributed by atoms with Crippen LogP contribution in [0.2, 0.25) is 0 Å². The molecule has 0 atom stereocenters. The second-order valence-electron chi connectivity index (χ2n) is 4.15. The van der Waals surface area contributed by atoms with Gasteiger partial charge in [0, 0.05) is 11.0 Å². The van der Waals surface area contributed by atoms with E-state index in [4.69, 9.17) is 10.8 Å². The van der Waals surface area contributed by atoms with E-state index < -0.39 is 6.09 Å². The van der Waals surface area contributed by atoms with Crippen molar-refractivity contribution in [1.29, 1.82) is 0 Å². The number of rotatable bonds is 3. The number of amides is 1. The molecule has 3 aliphatic carbocycles. The highest BCUT2D eigenvalue weighted by Gasteiger charge is 2.71. The van der Waals surface area contributed by atoms with Gasteiger partial charge in [-0.05, 0) is 19.3 Å². The Morgan fingerprint density at radius 2 is 1.92 bits per heavy atom. The minimum absolute atomic E-state index is 0.0709. The number of nitrogens with one attached hydrogen (secondary N) is 1. The zero-order valence-corrected chi connectivity index (χ0v) is 7.17. The highest BCUT2D eigenvalue weighted by atomic mass is 16.4. The van der Waals surface area contributed by atoms with Gasteiger partial charge in [0.05, 0.1) is 6.54 Å². The van der Waals surface area contributed by atoms with E-state index in [2.05, 4.69) is 5.32 Å². The molecule has 0 heterocycles. The molecule has 0 spiro atoms. The van der Waals surface area contributed by atoms with E-state index in [1.165, 1.54) is 0 Å². The molecule has 3 aliphatic rings. The summed E-state index contributed by atoms with van der Waals surface area (Å²) in [5, 5.41) is 10.9. The lowest BCUT2D eigenvalue weighted by Crippen LogP contribution is -2.77. The molecule has 0 aromatic carbocycles. The lowest BCUT2D eigenvalue weighted by Gasteiger charge is -2.69. The lowest BCUT2D eigenvalue weighted by atomic mass is 9.38. The third-order valence-corrected chi connectivity index (χ3v) is 3.18. The summed E-state index contributed by atoms with van der Waals surface area (Å²) in [6, 6.07) is 0. The summed E-state index contributed by atoms with van der Waals surface area (Å²) in [6.07, 6.45) is 0.918. The fraction of sp³-hybridized carbons (Fsp3) is 0.750. The first-order chi connectivity index (χ1) is 6.02. The van der Waals surface area contributed by atoms with Crippen molar-refractivity contribution in [2.24, 2.45) is 11.1 Å². The van der Waals surface area contributed by atoms with Crippen LogP contribution in [0.1, 0.15) is 19.3 Å². The molecule has 0 aromatic heterocycles. The van der Waals surface area contributed by atoms with E-state index in [1.54, 1.807) is 0 Å². The second-order valence-corrected chi connectivity index (χ2v) is 4.15. The summed E-state index contributed by atoms with van der Waals surface area (Å²) in [6.45, 7) is 0.0726. The fourth-order valence-electron chi connectivity index (χ4n) is 2.66. The largest absolute Gasteiger partial charge is 0.465 e. The predicted octanol–water partition coefficient (Wildman–Crippen LogP) is -0.296. The Labute approximate surface area is 75.3 Å². The molecule has 2 bridgehead atoms. The normalized spacial score (nSPS) is 40.1. The Bertz CT molecular complexity index is 267. The third-order valence-electron chi connectivity index (χ3n) is 3.18. The van der Waals surface area contributed by atoms with Gasteiger partial charge in [0.25, 0.3) is 0 Å². The summed E-state index contributed by atoms with van der Waals surface area (Å²) in [4.78, 5) is 21.6. The van der Waals surface area contributed by atoms with E-state index >= 15 is 0 Å². The van der Waals surface area contributed by atoms with Crippen LogP contribution in [0.3, 0.4) is 0 Å². The van der Waals surface area contributed by atoms with E-state index in [-0.39, 0.29) is 23.3 Å². The van der Waals surface area contributed by atoms with Gasteiger partial charge in [0.15, 0.2) is 5.78 Å². The maximum absolute atomic E-state index is 11.3. The highest BCUT2D eigenvalue weighted by Crippen LogP contribution is 2.67. The van der Waals surface area contributed by atoms with Crippen LogP contribution in [-0.4, -0.2) is 29.1 Å². The van der Waals surface area contributed by atoms with Crippen LogP contribution in [0.15, 0.2) is 0 Å². The zero-order chi connectivity index (χ0) is 9.69. The molecule has 5 nitrogen and oxygen atoms in total. The molecule has 5 heteroatoms. The SMILES string of the molecule is NCC(=O)C12CC(NC(=O)O)(C1)C2. The quantitative estimate of drug-likeness (QED) is 0.561. The van der Waals surface area contributed by atoms with Crippen LogP contribution in [0, 0.1) is 5.41 Å². The molecule has 0 radical (unpaired) electrons. The number of carbonyl (C=O) groups excluding carboxylic acids is 1. The van der Waals surface area contributed by atoms with E-state index in [0.717, 1.165) is 0 Å². The molecule has 13 heavy (non-hydrogen) atoms. The maximum Gasteiger partial charge on any atom is 0.405 e. The number of hydrogen-bond donors (Lipinski definition) is 3. The number of carboxylic acid groups (broad SMARTS) is 1. The number of carbonyl (C=O) groups is 2. The summed E-state index contributed by atoms with van der Waals surface area (Å²) in [7, 11) is 0. The molecule has 72 valence electrons. The Kier molecular flexibility index (Phi) is 1.46. The van der Waals surface area contributed by atoms with Gasteiger partial charge in [-0.15, -0.1) is 0 Å². The Balaban J connectivity index is 1.93. The Morgan fingerprint density at radius 3 is 2.31 bits per heavy atom. The zero-order valence-electron chi connectivity index (χ0n) is 7.17. The summed E-state index contributed by atoms with van der Waals surface area (Å²) < 4.78 is 0. The topological polar surface area (TPSA) is 92.4 Å². The van der Waals surface area contributed by atoms with Gasteiger partial charge < -0.3 is 16.2 Å². The van der Waals surface area contributed by atoms with E-state index in [9.17, 15) is 9.59 Å². The van der Waals surface area contributed by atoms with Gasteiger partial charge in [0.2, 0.25) is 0 Å². The molecular weight excluding hydrogens is 172 g/mol. The lowest BCUT2D eigenvalue weighted by molar-refractivity contribution is -0.174. The Morgan fingerprint density at radius 1 is 1.38 bits per heavy atom. The van der Waals surface area contributed by atoms with Crippen molar-refractivity contribution in [3.05, 3.63) is 0 Å². The smallest absolute Gasteiger partial charge is 0.405 e. The molecule has 3 saturated carbocycles. The van der Waals surface area contributed by atoms with E-state index in [1.807, 2.05) is 0 Å². The van der Waals surface area contributed by atoms with Crippen LogP contribution in [0.4, 0.5) is 4.79 Å². The number of nitrogens with two attached hydrogens (primary N) is 1. The molecule has 3 rings (SSSR count). The first-order valence-electron chi connectivity index (χ1n) is 4.26. The highest BCUT2D eigenvalue weighted by molar-refractivity contribution is 5.91. The minimum Gasteiger partial charge on any atom is -0.465 e. The van der Waals surface area contributed by atoms with Gasteiger partial charge in [-0.1, -0.05) is 0 Å². The standard InChI is InChI=1S/C8H12N2O3/c9-1-5(11)7-2-8(3-7,4-7)10-6(12)13/h10H,1-4,9H2,(H,12,13). The van der Waals surface area contributed by atoms with Crippen LogP contribution >= 0.6 is 0 Å². The van der Waals surface area contributed by atoms with Crippen LogP contribution < -0.4 is 11.1 Å². The maximum atomic E-state index is 11.3. The molecule has 4 N–H and O–H groups in total. The molecule has 0 saturated heterocycles. The summed E-state index contributed by atoms with van der Waals surface area (Å²) in [5.74, 6) is 0.0709. The minimum atomic E-state index is -1.01. The first kappa shape index (κ1) is 8.50.